The third-order valence-electron chi connectivity index (χ3n) is 3.89. The number of amides is 1. The first kappa shape index (κ1) is 16.9. The third-order valence-corrected chi connectivity index (χ3v) is 4.77. The molecule has 1 aliphatic rings. The summed E-state index contributed by atoms with van der Waals surface area (Å²) in [6, 6.07) is 9.19. The number of carbonyl (C=O) groups excluding carboxylic acids is 1. The van der Waals surface area contributed by atoms with Gasteiger partial charge < -0.3 is 15.2 Å². The monoisotopic (exact) mass is 407 g/mol. The van der Waals surface area contributed by atoms with Crippen LogP contribution in [-0.2, 0) is 11.2 Å². The number of benzene rings is 2. The van der Waals surface area contributed by atoms with Crippen LogP contribution < -0.4 is 10.1 Å². The fourth-order valence-electron chi connectivity index (χ4n) is 2.65. The molecule has 1 heterocycles. The molecule has 0 fully saturated rings. The van der Waals surface area contributed by atoms with Crippen molar-refractivity contribution in [3.63, 3.8) is 0 Å². The number of ether oxygens (including phenoxy) is 1. The predicted octanol–water partition coefficient (Wildman–Crippen LogP) is 4.44. The smallest absolute Gasteiger partial charge is 0.256 e. The van der Waals surface area contributed by atoms with Crippen molar-refractivity contribution >= 4 is 50.8 Å². The summed E-state index contributed by atoms with van der Waals surface area (Å²) >= 11 is 9.21. The van der Waals surface area contributed by atoms with E-state index in [0.717, 1.165) is 23.2 Å². The van der Waals surface area contributed by atoms with Crippen LogP contribution in [0, 0.1) is 0 Å². The van der Waals surface area contributed by atoms with Crippen LogP contribution in [0.4, 0.5) is 5.69 Å². The molecule has 0 atom stereocenters. The topological polar surface area (TPSA) is 58.6 Å². The number of methoxy groups -OCH3 is 1. The maximum atomic E-state index is 12.3. The Morgan fingerprint density at radius 3 is 2.83 bits per heavy atom. The van der Waals surface area contributed by atoms with E-state index in [0.29, 0.717) is 27.2 Å². The molecule has 0 saturated heterocycles. The van der Waals surface area contributed by atoms with Crippen molar-refractivity contribution in [3.8, 4) is 11.5 Å². The van der Waals surface area contributed by atoms with Crippen LogP contribution in [0.25, 0.3) is 11.6 Å². The van der Waals surface area contributed by atoms with Crippen LogP contribution in [0.2, 0.25) is 0 Å². The number of hydrogen-bond donors (Lipinski definition) is 2. The fourth-order valence-corrected chi connectivity index (χ4v) is 3.31. The highest BCUT2D eigenvalue weighted by Crippen LogP contribution is 2.40. The van der Waals surface area contributed by atoms with Crippen molar-refractivity contribution in [2.75, 3.05) is 18.3 Å². The Bertz CT molecular complexity index is 848. The minimum atomic E-state index is -0.206. The molecule has 0 aliphatic carbocycles. The number of fused-ring (bicyclic) bond motifs is 1. The molecule has 2 aromatic carbocycles. The van der Waals surface area contributed by atoms with Crippen LogP contribution in [0.1, 0.15) is 16.7 Å². The van der Waals surface area contributed by atoms with Crippen LogP contribution >= 0.6 is 27.5 Å². The Morgan fingerprint density at radius 1 is 1.33 bits per heavy atom. The Labute approximate surface area is 153 Å². The van der Waals surface area contributed by atoms with Crippen LogP contribution in [0.3, 0.4) is 0 Å². The maximum Gasteiger partial charge on any atom is 0.256 e. The Hall–Kier alpha value is -1.98. The van der Waals surface area contributed by atoms with E-state index in [1.807, 2.05) is 18.2 Å². The molecule has 0 saturated carbocycles. The number of aromatic hydroxyl groups is 1. The maximum absolute atomic E-state index is 12.3. The number of alkyl halides is 1. The average Bonchev–Trinajstić information content (AvgIpc) is 2.87. The van der Waals surface area contributed by atoms with Crippen molar-refractivity contribution in [1.82, 2.24) is 0 Å². The van der Waals surface area contributed by atoms with Gasteiger partial charge in [-0.25, -0.2) is 0 Å². The van der Waals surface area contributed by atoms with Gasteiger partial charge in [-0.1, -0.05) is 22.0 Å². The number of aryl methyl sites for hydroxylation is 1. The first-order valence-corrected chi connectivity index (χ1v) is 8.65. The number of rotatable bonds is 4. The number of nitrogens with one attached hydrogen (secondary N) is 1. The van der Waals surface area contributed by atoms with Gasteiger partial charge in [-0.3, -0.25) is 4.79 Å². The minimum absolute atomic E-state index is 0.0162. The van der Waals surface area contributed by atoms with Crippen molar-refractivity contribution in [2.45, 2.75) is 6.42 Å². The second-order valence-electron chi connectivity index (χ2n) is 5.34. The fraction of sp³-hybridized carbons (Fsp3) is 0.167. The van der Waals surface area contributed by atoms with Gasteiger partial charge >= 0.3 is 0 Å². The molecule has 24 heavy (non-hydrogen) atoms. The Balaban J connectivity index is 2.13. The van der Waals surface area contributed by atoms with Gasteiger partial charge in [-0.05, 0) is 42.3 Å². The summed E-state index contributed by atoms with van der Waals surface area (Å²) in [5.74, 6) is 0.640. The quantitative estimate of drug-likeness (QED) is 0.581. The summed E-state index contributed by atoms with van der Waals surface area (Å²) in [7, 11) is 1.48. The molecule has 0 bridgehead atoms. The number of hydrogen-bond acceptors (Lipinski definition) is 3. The standard InChI is InChI=1S/C18H15BrClNO3/c1-24-16-5-3-14(19)13(17(16)22)9-12-11-8-10(6-7-20)2-4-15(11)21-18(12)23/h2-5,8-9,22H,6-7H2,1H3,(H,21,23). The van der Waals surface area contributed by atoms with Crippen molar-refractivity contribution in [1.29, 1.82) is 0 Å². The first-order chi connectivity index (χ1) is 11.5. The van der Waals surface area contributed by atoms with E-state index in [9.17, 15) is 9.90 Å². The second-order valence-corrected chi connectivity index (χ2v) is 6.58. The van der Waals surface area contributed by atoms with Gasteiger partial charge in [0.2, 0.25) is 0 Å². The number of halogens is 2. The van der Waals surface area contributed by atoms with Crippen molar-refractivity contribution in [2.24, 2.45) is 0 Å². The molecule has 1 amide bonds. The van der Waals surface area contributed by atoms with Gasteiger partial charge in [0.05, 0.1) is 7.11 Å². The van der Waals surface area contributed by atoms with Gasteiger partial charge in [0.1, 0.15) is 0 Å². The SMILES string of the molecule is COc1ccc(Br)c(C=C2C(=O)Nc3ccc(CCCl)cc32)c1O. The largest absolute Gasteiger partial charge is 0.504 e. The lowest BCUT2D eigenvalue weighted by Crippen LogP contribution is -2.03. The number of phenolic OH excluding ortho intramolecular Hbond substituents is 1. The minimum Gasteiger partial charge on any atom is -0.504 e. The van der Waals surface area contributed by atoms with E-state index in [1.165, 1.54) is 7.11 Å². The molecule has 0 aromatic heterocycles. The highest BCUT2D eigenvalue weighted by atomic mass is 79.9. The molecule has 0 radical (unpaired) electrons. The van der Waals surface area contributed by atoms with Gasteiger partial charge in [-0.2, -0.15) is 0 Å². The molecule has 124 valence electrons. The zero-order valence-electron chi connectivity index (χ0n) is 12.9. The van der Waals surface area contributed by atoms with Crippen LogP contribution in [-0.4, -0.2) is 24.0 Å². The van der Waals surface area contributed by atoms with E-state index in [-0.39, 0.29) is 11.7 Å². The summed E-state index contributed by atoms with van der Waals surface area (Å²) in [4.78, 5) is 12.3. The van der Waals surface area contributed by atoms with E-state index in [4.69, 9.17) is 16.3 Å². The Kier molecular flexibility index (Phi) is 4.83. The molecular formula is C18H15BrClNO3. The highest BCUT2D eigenvalue weighted by molar-refractivity contribution is 9.10. The van der Waals surface area contributed by atoms with Crippen molar-refractivity contribution in [3.05, 3.63) is 51.5 Å². The van der Waals surface area contributed by atoms with E-state index >= 15 is 0 Å². The van der Waals surface area contributed by atoms with Gasteiger partial charge in [-0.15, -0.1) is 11.6 Å². The third kappa shape index (κ3) is 3.01. The van der Waals surface area contributed by atoms with Crippen LogP contribution in [0.5, 0.6) is 11.5 Å². The Morgan fingerprint density at radius 2 is 2.12 bits per heavy atom. The summed E-state index contributed by atoms with van der Waals surface area (Å²) in [5.41, 5.74) is 3.60. The highest BCUT2D eigenvalue weighted by Gasteiger charge is 2.25. The first-order valence-electron chi connectivity index (χ1n) is 7.33. The zero-order chi connectivity index (χ0) is 17.3. The lowest BCUT2D eigenvalue weighted by molar-refractivity contribution is -0.110. The molecule has 1 aliphatic heterocycles. The lowest BCUT2D eigenvalue weighted by atomic mass is 10.0. The molecule has 2 N–H and O–H groups in total. The molecule has 6 heteroatoms. The predicted molar refractivity (Wildman–Crippen MR) is 99.7 cm³/mol. The average molecular weight is 409 g/mol. The van der Waals surface area contributed by atoms with E-state index in [2.05, 4.69) is 21.2 Å². The molecule has 3 rings (SSSR count). The van der Waals surface area contributed by atoms with Crippen molar-refractivity contribution < 1.29 is 14.6 Å². The van der Waals surface area contributed by atoms with Gasteiger partial charge in [0.25, 0.3) is 5.91 Å². The van der Waals surface area contributed by atoms with E-state index in [1.54, 1.807) is 18.2 Å². The molecular weight excluding hydrogens is 394 g/mol. The van der Waals surface area contributed by atoms with Crippen LogP contribution in [0.15, 0.2) is 34.8 Å². The van der Waals surface area contributed by atoms with E-state index < -0.39 is 0 Å². The summed E-state index contributed by atoms with van der Waals surface area (Å²) < 4.78 is 5.81. The molecule has 0 unspecified atom stereocenters. The normalized spacial score (nSPS) is 14.6. The summed E-state index contributed by atoms with van der Waals surface area (Å²) in [6.07, 6.45) is 2.39. The second kappa shape index (κ2) is 6.87. The van der Waals surface area contributed by atoms with Gasteiger partial charge in [0.15, 0.2) is 11.5 Å². The summed E-state index contributed by atoms with van der Waals surface area (Å²) in [5, 5.41) is 13.2. The number of anilines is 1. The summed E-state index contributed by atoms with van der Waals surface area (Å²) in [6.45, 7) is 0. The number of carbonyl (C=O) groups is 1. The molecule has 4 nitrogen and oxygen atoms in total. The number of phenols is 1. The molecule has 2 aromatic rings. The zero-order valence-corrected chi connectivity index (χ0v) is 15.2. The van der Waals surface area contributed by atoms with Gasteiger partial charge in [0, 0.05) is 32.7 Å². The lowest BCUT2D eigenvalue weighted by Gasteiger charge is -2.09. The molecule has 0 spiro atoms.